The molecule has 1 heterocycles. The number of hydrogen-bond acceptors (Lipinski definition) is 4. The number of fused-ring (bicyclic) bond motifs is 1. The molecule has 3 aromatic carbocycles. The van der Waals surface area contributed by atoms with Crippen molar-refractivity contribution in [2.24, 2.45) is 0 Å². The second-order valence-corrected chi connectivity index (χ2v) is 6.79. The first-order chi connectivity index (χ1) is 14.5. The van der Waals surface area contributed by atoms with Gasteiger partial charge in [-0.3, -0.25) is 9.59 Å². The van der Waals surface area contributed by atoms with Crippen LogP contribution in [0.15, 0.2) is 71.1 Å². The van der Waals surface area contributed by atoms with Crippen molar-refractivity contribution in [3.8, 4) is 5.75 Å². The monoisotopic (exact) mass is 403 g/mol. The fourth-order valence-corrected chi connectivity index (χ4v) is 3.22. The van der Waals surface area contributed by atoms with Gasteiger partial charge < -0.3 is 14.5 Å². The standard InChI is InChI=1S/C24H18FNO4/c1-14-20-13-18(26-24(28)15-6-8-17(25)9-7-15)10-11-21(20)30-23(14)22(27)16-4-3-5-19(12-16)29-2/h3-13H,1-2H3,(H,26,28). The second kappa shape index (κ2) is 7.83. The van der Waals surface area contributed by atoms with Crippen LogP contribution in [-0.4, -0.2) is 18.8 Å². The normalized spacial score (nSPS) is 10.8. The van der Waals surface area contributed by atoms with Crippen molar-refractivity contribution in [3.63, 3.8) is 0 Å². The Morgan fingerprint density at radius 1 is 0.967 bits per heavy atom. The Labute approximate surface area is 172 Å². The van der Waals surface area contributed by atoms with Crippen molar-refractivity contribution < 1.29 is 23.1 Å². The van der Waals surface area contributed by atoms with Crippen LogP contribution in [0.5, 0.6) is 5.75 Å². The second-order valence-electron chi connectivity index (χ2n) is 6.79. The fraction of sp³-hybridized carbons (Fsp3) is 0.0833. The molecule has 4 aromatic rings. The van der Waals surface area contributed by atoms with E-state index in [0.29, 0.717) is 33.7 Å². The first-order valence-electron chi connectivity index (χ1n) is 9.25. The smallest absolute Gasteiger partial charge is 0.255 e. The van der Waals surface area contributed by atoms with Crippen LogP contribution >= 0.6 is 0 Å². The molecule has 0 atom stereocenters. The number of benzene rings is 3. The molecule has 30 heavy (non-hydrogen) atoms. The van der Waals surface area contributed by atoms with E-state index < -0.39 is 5.82 Å². The molecule has 150 valence electrons. The molecule has 1 amide bonds. The SMILES string of the molecule is COc1cccc(C(=O)c2oc3ccc(NC(=O)c4ccc(F)cc4)cc3c2C)c1. The van der Waals surface area contributed by atoms with Crippen molar-refractivity contribution in [1.82, 2.24) is 0 Å². The number of halogens is 1. The van der Waals surface area contributed by atoms with Crippen LogP contribution in [0.25, 0.3) is 11.0 Å². The van der Waals surface area contributed by atoms with E-state index in [2.05, 4.69) is 5.32 Å². The number of furan rings is 1. The number of nitrogens with one attached hydrogen (secondary N) is 1. The minimum atomic E-state index is -0.407. The first-order valence-corrected chi connectivity index (χ1v) is 9.25. The minimum absolute atomic E-state index is 0.236. The van der Waals surface area contributed by atoms with E-state index >= 15 is 0 Å². The van der Waals surface area contributed by atoms with Crippen LogP contribution in [0.4, 0.5) is 10.1 Å². The Kier molecular flexibility index (Phi) is 5.06. The summed E-state index contributed by atoms with van der Waals surface area (Å²) in [6.45, 7) is 1.80. The summed E-state index contributed by atoms with van der Waals surface area (Å²) in [7, 11) is 1.54. The van der Waals surface area contributed by atoms with Crippen molar-refractivity contribution in [3.05, 3.63) is 95.0 Å². The van der Waals surface area contributed by atoms with E-state index in [-0.39, 0.29) is 17.5 Å². The molecule has 1 aromatic heterocycles. The Morgan fingerprint density at radius 3 is 2.47 bits per heavy atom. The molecule has 4 rings (SSSR count). The molecular weight excluding hydrogens is 385 g/mol. The number of carbonyl (C=O) groups excluding carboxylic acids is 2. The minimum Gasteiger partial charge on any atom is -0.497 e. The fourth-order valence-electron chi connectivity index (χ4n) is 3.22. The summed E-state index contributed by atoms with van der Waals surface area (Å²) in [5, 5.41) is 3.50. The van der Waals surface area contributed by atoms with Gasteiger partial charge >= 0.3 is 0 Å². The predicted molar refractivity (Wildman–Crippen MR) is 112 cm³/mol. The lowest BCUT2D eigenvalue weighted by molar-refractivity contribution is 0.101. The predicted octanol–water partition coefficient (Wildman–Crippen LogP) is 5.37. The summed E-state index contributed by atoms with van der Waals surface area (Å²) in [6, 6.07) is 17.3. The maximum atomic E-state index is 13.1. The number of ether oxygens (including phenoxy) is 1. The van der Waals surface area contributed by atoms with Gasteiger partial charge in [0.2, 0.25) is 5.78 Å². The third-order valence-electron chi connectivity index (χ3n) is 4.84. The molecule has 0 spiro atoms. The van der Waals surface area contributed by atoms with Gasteiger partial charge in [-0.1, -0.05) is 12.1 Å². The van der Waals surface area contributed by atoms with Crippen molar-refractivity contribution in [2.45, 2.75) is 6.92 Å². The van der Waals surface area contributed by atoms with Gasteiger partial charge in [0.05, 0.1) is 7.11 Å². The summed E-state index contributed by atoms with van der Waals surface area (Å²) in [6.07, 6.45) is 0. The summed E-state index contributed by atoms with van der Waals surface area (Å²) >= 11 is 0. The Hall–Kier alpha value is -3.93. The lowest BCUT2D eigenvalue weighted by atomic mass is 10.0. The van der Waals surface area contributed by atoms with Crippen LogP contribution in [0.1, 0.15) is 32.0 Å². The molecule has 0 bridgehead atoms. The van der Waals surface area contributed by atoms with Crippen molar-refractivity contribution >= 4 is 28.3 Å². The van der Waals surface area contributed by atoms with Gasteiger partial charge in [0.1, 0.15) is 17.1 Å². The molecule has 0 saturated carbocycles. The van der Waals surface area contributed by atoms with Crippen LogP contribution < -0.4 is 10.1 Å². The van der Waals surface area contributed by atoms with E-state index in [4.69, 9.17) is 9.15 Å². The Morgan fingerprint density at radius 2 is 1.73 bits per heavy atom. The van der Waals surface area contributed by atoms with Crippen LogP contribution in [0, 0.1) is 12.7 Å². The molecule has 0 saturated heterocycles. The molecule has 0 aliphatic rings. The molecule has 0 fully saturated rings. The molecule has 5 nitrogen and oxygen atoms in total. The van der Waals surface area contributed by atoms with Crippen LogP contribution in [0.3, 0.4) is 0 Å². The van der Waals surface area contributed by atoms with Crippen LogP contribution in [-0.2, 0) is 0 Å². The highest BCUT2D eigenvalue weighted by atomic mass is 19.1. The average molecular weight is 403 g/mol. The quantitative estimate of drug-likeness (QED) is 0.455. The highest BCUT2D eigenvalue weighted by Crippen LogP contribution is 2.30. The van der Waals surface area contributed by atoms with Crippen molar-refractivity contribution in [1.29, 1.82) is 0 Å². The number of carbonyl (C=O) groups is 2. The number of methoxy groups -OCH3 is 1. The molecule has 0 aliphatic heterocycles. The number of hydrogen-bond donors (Lipinski definition) is 1. The molecule has 0 unspecified atom stereocenters. The van der Waals surface area contributed by atoms with Gasteiger partial charge in [-0.2, -0.15) is 0 Å². The van der Waals surface area contributed by atoms with E-state index in [1.165, 1.54) is 31.4 Å². The van der Waals surface area contributed by atoms with Gasteiger partial charge in [0.25, 0.3) is 5.91 Å². The summed E-state index contributed by atoms with van der Waals surface area (Å²) in [5.41, 5.74) is 2.56. The number of ketones is 1. The zero-order valence-electron chi connectivity index (χ0n) is 16.4. The largest absolute Gasteiger partial charge is 0.497 e. The van der Waals surface area contributed by atoms with E-state index in [1.54, 1.807) is 49.4 Å². The van der Waals surface area contributed by atoms with E-state index in [1.807, 2.05) is 0 Å². The van der Waals surface area contributed by atoms with Gasteiger partial charge in [-0.05, 0) is 61.5 Å². The van der Waals surface area contributed by atoms with E-state index in [9.17, 15) is 14.0 Å². The molecule has 0 aliphatic carbocycles. The highest BCUT2D eigenvalue weighted by Gasteiger charge is 2.20. The Bertz CT molecular complexity index is 1260. The van der Waals surface area contributed by atoms with Gasteiger partial charge in [0.15, 0.2) is 5.76 Å². The van der Waals surface area contributed by atoms with Gasteiger partial charge in [-0.25, -0.2) is 4.39 Å². The zero-order valence-corrected chi connectivity index (χ0v) is 16.4. The number of aryl methyl sites for hydroxylation is 1. The summed E-state index contributed by atoms with van der Waals surface area (Å²) in [4.78, 5) is 25.3. The number of amides is 1. The molecular formula is C24H18FNO4. The lowest BCUT2D eigenvalue weighted by Crippen LogP contribution is -2.11. The average Bonchev–Trinajstić information content (AvgIpc) is 3.09. The number of anilines is 1. The topological polar surface area (TPSA) is 68.5 Å². The summed E-state index contributed by atoms with van der Waals surface area (Å²) < 4.78 is 24.0. The first kappa shape index (κ1) is 19.4. The molecule has 1 N–H and O–H groups in total. The van der Waals surface area contributed by atoms with Crippen molar-refractivity contribution in [2.75, 3.05) is 12.4 Å². The molecule has 6 heteroatoms. The van der Waals surface area contributed by atoms with Crippen LogP contribution in [0.2, 0.25) is 0 Å². The lowest BCUT2D eigenvalue weighted by Gasteiger charge is -2.05. The molecule has 0 radical (unpaired) electrons. The third-order valence-corrected chi connectivity index (χ3v) is 4.84. The van der Waals surface area contributed by atoms with Gasteiger partial charge in [0, 0.05) is 27.8 Å². The van der Waals surface area contributed by atoms with E-state index in [0.717, 1.165) is 5.39 Å². The maximum Gasteiger partial charge on any atom is 0.255 e. The number of rotatable bonds is 5. The Balaban J connectivity index is 1.64. The zero-order chi connectivity index (χ0) is 21.3. The van der Waals surface area contributed by atoms with Gasteiger partial charge in [-0.15, -0.1) is 0 Å². The summed E-state index contributed by atoms with van der Waals surface area (Å²) in [5.74, 6) is -0.196. The third kappa shape index (κ3) is 3.67. The highest BCUT2D eigenvalue weighted by molar-refractivity contribution is 6.11. The maximum absolute atomic E-state index is 13.1.